The third-order valence-electron chi connectivity index (χ3n) is 3.55. The predicted octanol–water partition coefficient (Wildman–Crippen LogP) is 3.16. The molecule has 112 valence electrons. The Hall–Kier alpha value is -1.43. The van der Waals surface area contributed by atoms with Gasteiger partial charge in [-0.25, -0.2) is 13.8 Å². The molecule has 0 radical (unpaired) electrons. The zero-order valence-corrected chi connectivity index (χ0v) is 11.9. The van der Waals surface area contributed by atoms with E-state index in [0.717, 1.165) is 31.7 Å². The minimum Gasteiger partial charge on any atom is -0.379 e. The molecule has 0 amide bonds. The van der Waals surface area contributed by atoms with E-state index in [-0.39, 0.29) is 23.8 Å². The van der Waals surface area contributed by atoms with Gasteiger partial charge in [0.15, 0.2) is 23.3 Å². The highest BCUT2D eigenvalue weighted by atomic mass is 19.1. The van der Waals surface area contributed by atoms with Gasteiger partial charge in [-0.15, -0.1) is 0 Å². The summed E-state index contributed by atoms with van der Waals surface area (Å²) in [6.07, 6.45) is 3.76. The van der Waals surface area contributed by atoms with Gasteiger partial charge < -0.3 is 15.4 Å². The van der Waals surface area contributed by atoms with Crippen LogP contribution in [0.15, 0.2) is 6.07 Å². The lowest BCUT2D eigenvalue weighted by Gasteiger charge is -2.21. The number of hydrogen-bond acceptors (Lipinski definition) is 4. The minimum atomic E-state index is -0.675. The number of halogens is 2. The van der Waals surface area contributed by atoms with Crippen LogP contribution >= 0.6 is 0 Å². The van der Waals surface area contributed by atoms with Gasteiger partial charge in [-0.3, -0.25) is 0 Å². The fourth-order valence-corrected chi connectivity index (χ4v) is 2.48. The summed E-state index contributed by atoms with van der Waals surface area (Å²) < 4.78 is 32.7. The van der Waals surface area contributed by atoms with Crippen molar-refractivity contribution in [2.24, 2.45) is 0 Å². The van der Waals surface area contributed by atoms with Crippen molar-refractivity contribution in [3.63, 3.8) is 0 Å². The predicted molar refractivity (Wildman–Crippen MR) is 75.0 cm³/mol. The molecule has 0 spiro atoms. The van der Waals surface area contributed by atoms with Crippen molar-refractivity contribution in [2.45, 2.75) is 44.8 Å². The van der Waals surface area contributed by atoms with E-state index >= 15 is 0 Å². The number of rotatable bonds is 6. The van der Waals surface area contributed by atoms with Gasteiger partial charge in [-0.2, -0.15) is 0 Å². The molecule has 1 aromatic heterocycles. The average molecular weight is 285 g/mol. The molecule has 0 saturated heterocycles. The normalized spacial score (nSPS) is 22.0. The summed E-state index contributed by atoms with van der Waals surface area (Å²) in [5.41, 5.74) is 0. The maximum atomic E-state index is 13.8. The summed E-state index contributed by atoms with van der Waals surface area (Å²) >= 11 is 0. The summed E-state index contributed by atoms with van der Waals surface area (Å²) in [5.74, 6) is -1.18. The first-order valence-corrected chi connectivity index (χ1v) is 7.05. The number of anilines is 2. The van der Waals surface area contributed by atoms with Crippen LogP contribution in [0.1, 0.15) is 32.6 Å². The monoisotopic (exact) mass is 285 g/mol. The first-order chi connectivity index (χ1) is 9.65. The highest BCUT2D eigenvalue weighted by molar-refractivity contribution is 5.48. The maximum absolute atomic E-state index is 13.8. The molecule has 1 aliphatic carbocycles. The Bertz CT molecular complexity index is 456. The molecule has 0 aliphatic heterocycles. The van der Waals surface area contributed by atoms with Crippen molar-refractivity contribution in [1.29, 1.82) is 0 Å². The molecule has 1 fully saturated rings. The van der Waals surface area contributed by atoms with Crippen molar-refractivity contribution >= 4 is 11.6 Å². The first-order valence-electron chi connectivity index (χ1n) is 7.05. The molecule has 2 unspecified atom stereocenters. The number of nitrogens with zero attached hydrogens (tertiary/aromatic N) is 1. The fraction of sp³-hybridized carbons (Fsp3) is 0.643. The molecule has 2 atom stereocenters. The van der Waals surface area contributed by atoms with Crippen LogP contribution in [0.5, 0.6) is 0 Å². The molecule has 1 saturated carbocycles. The maximum Gasteiger partial charge on any atom is 0.168 e. The SMILES string of the molecule is CCCNc1nc(NC2CCCC2OC)c(F)cc1F. The van der Waals surface area contributed by atoms with Crippen molar-refractivity contribution < 1.29 is 13.5 Å². The van der Waals surface area contributed by atoms with Crippen LogP contribution < -0.4 is 10.6 Å². The molecular formula is C14H21F2N3O. The molecule has 1 heterocycles. The largest absolute Gasteiger partial charge is 0.379 e. The van der Waals surface area contributed by atoms with Crippen LogP contribution in [-0.4, -0.2) is 30.8 Å². The van der Waals surface area contributed by atoms with Crippen molar-refractivity contribution in [3.05, 3.63) is 17.7 Å². The Kier molecular flexibility index (Phi) is 5.11. The van der Waals surface area contributed by atoms with E-state index in [4.69, 9.17) is 4.74 Å². The molecule has 2 N–H and O–H groups in total. The Balaban J connectivity index is 2.14. The summed E-state index contributed by atoms with van der Waals surface area (Å²) in [6, 6.07) is 0.885. The van der Waals surface area contributed by atoms with E-state index in [9.17, 15) is 8.78 Å². The minimum absolute atomic E-state index is 0.0199. The van der Waals surface area contributed by atoms with E-state index in [0.29, 0.717) is 6.54 Å². The average Bonchev–Trinajstić information content (AvgIpc) is 2.87. The van der Waals surface area contributed by atoms with E-state index in [1.807, 2.05) is 6.92 Å². The Morgan fingerprint density at radius 1 is 1.30 bits per heavy atom. The Labute approximate surface area is 117 Å². The first kappa shape index (κ1) is 15.0. The van der Waals surface area contributed by atoms with E-state index in [2.05, 4.69) is 15.6 Å². The zero-order valence-electron chi connectivity index (χ0n) is 11.9. The molecule has 2 rings (SSSR count). The van der Waals surface area contributed by atoms with Gasteiger partial charge in [0.1, 0.15) is 0 Å². The quantitative estimate of drug-likeness (QED) is 0.843. The lowest BCUT2D eigenvalue weighted by atomic mass is 10.2. The Morgan fingerprint density at radius 3 is 2.75 bits per heavy atom. The number of ether oxygens (including phenoxy) is 1. The van der Waals surface area contributed by atoms with Gasteiger partial charge in [0.2, 0.25) is 0 Å². The number of methoxy groups -OCH3 is 1. The highest BCUT2D eigenvalue weighted by Gasteiger charge is 2.28. The van der Waals surface area contributed by atoms with E-state index < -0.39 is 11.6 Å². The molecule has 0 aromatic carbocycles. The lowest BCUT2D eigenvalue weighted by Crippen LogP contribution is -2.30. The van der Waals surface area contributed by atoms with Crippen LogP contribution in [0.3, 0.4) is 0 Å². The van der Waals surface area contributed by atoms with Gasteiger partial charge in [-0.05, 0) is 25.7 Å². The van der Waals surface area contributed by atoms with Gasteiger partial charge in [0.05, 0.1) is 12.1 Å². The van der Waals surface area contributed by atoms with Crippen LogP contribution in [0.25, 0.3) is 0 Å². The second-order valence-corrected chi connectivity index (χ2v) is 5.03. The highest BCUT2D eigenvalue weighted by Crippen LogP contribution is 2.27. The van der Waals surface area contributed by atoms with Gasteiger partial charge in [-0.1, -0.05) is 6.92 Å². The third kappa shape index (κ3) is 3.36. The smallest absolute Gasteiger partial charge is 0.168 e. The summed E-state index contributed by atoms with van der Waals surface area (Å²) in [4.78, 5) is 4.01. The summed E-state index contributed by atoms with van der Waals surface area (Å²) in [6.45, 7) is 2.56. The van der Waals surface area contributed by atoms with E-state index in [1.54, 1.807) is 7.11 Å². The van der Waals surface area contributed by atoms with Crippen molar-refractivity contribution in [1.82, 2.24) is 4.98 Å². The van der Waals surface area contributed by atoms with Gasteiger partial charge in [0, 0.05) is 19.7 Å². The van der Waals surface area contributed by atoms with Crippen LogP contribution in [-0.2, 0) is 4.74 Å². The van der Waals surface area contributed by atoms with Gasteiger partial charge >= 0.3 is 0 Å². The molecular weight excluding hydrogens is 264 g/mol. The molecule has 1 aliphatic rings. The fourth-order valence-electron chi connectivity index (χ4n) is 2.48. The molecule has 1 aromatic rings. The standard InChI is InChI=1S/C14H21F2N3O/c1-3-7-17-13-9(15)8-10(16)14(19-13)18-11-5-4-6-12(11)20-2/h8,11-12H,3-7H2,1-2H3,(H2,17,18,19). The summed E-state index contributed by atoms with van der Waals surface area (Å²) in [7, 11) is 1.65. The lowest BCUT2D eigenvalue weighted by molar-refractivity contribution is 0.101. The zero-order chi connectivity index (χ0) is 14.5. The number of pyridine rings is 1. The molecule has 0 bridgehead atoms. The van der Waals surface area contributed by atoms with Crippen LogP contribution in [0.2, 0.25) is 0 Å². The van der Waals surface area contributed by atoms with Crippen molar-refractivity contribution in [2.75, 3.05) is 24.3 Å². The van der Waals surface area contributed by atoms with Crippen LogP contribution in [0.4, 0.5) is 20.4 Å². The Morgan fingerprint density at radius 2 is 2.05 bits per heavy atom. The topological polar surface area (TPSA) is 46.2 Å². The van der Waals surface area contributed by atoms with E-state index in [1.165, 1.54) is 0 Å². The third-order valence-corrected chi connectivity index (χ3v) is 3.55. The van der Waals surface area contributed by atoms with Gasteiger partial charge in [0.25, 0.3) is 0 Å². The van der Waals surface area contributed by atoms with Crippen LogP contribution in [0, 0.1) is 11.6 Å². The number of aromatic nitrogens is 1. The second kappa shape index (κ2) is 6.83. The van der Waals surface area contributed by atoms with Crippen molar-refractivity contribution in [3.8, 4) is 0 Å². The molecule has 20 heavy (non-hydrogen) atoms. The number of nitrogens with one attached hydrogen (secondary N) is 2. The number of hydrogen-bond donors (Lipinski definition) is 2. The molecule has 4 nitrogen and oxygen atoms in total. The molecule has 6 heteroatoms. The second-order valence-electron chi connectivity index (χ2n) is 5.03. The summed E-state index contributed by atoms with van der Waals surface area (Å²) in [5, 5.41) is 5.89.